The van der Waals surface area contributed by atoms with Crippen LogP contribution in [0.4, 0.5) is 0 Å². The molecule has 0 bridgehead atoms. The molecule has 0 amide bonds. The number of hydrogen-bond donors (Lipinski definition) is 0. The van der Waals surface area contributed by atoms with Gasteiger partial charge in [-0.25, -0.2) is 0 Å². The average Bonchev–Trinajstić information content (AvgIpc) is 1.37. The second-order valence-electron chi connectivity index (χ2n) is 0.408. The van der Waals surface area contributed by atoms with E-state index >= 15 is 0 Å². The van der Waals surface area contributed by atoms with E-state index in [1.54, 1.807) is 0 Å². The van der Waals surface area contributed by atoms with E-state index < -0.39 is 0 Å². The Balaban J connectivity index is 0. The zero-order chi connectivity index (χ0) is 3.41. The van der Waals surface area contributed by atoms with Crippen LogP contribution in [0.25, 0.3) is 0 Å². The maximum absolute atomic E-state index is 5.03. The summed E-state index contributed by atoms with van der Waals surface area (Å²) >= 11 is 0. The predicted octanol–water partition coefficient (Wildman–Crippen LogP) is 0.200. The third-order valence-electron chi connectivity index (χ3n) is 0.118. The van der Waals surface area contributed by atoms with Gasteiger partial charge in [0.25, 0.3) is 0 Å². The molecule has 5 radical (unpaired) electrons. The van der Waals surface area contributed by atoms with E-state index in [-0.39, 0.29) is 26.2 Å². The Morgan fingerprint density at radius 3 is 2.00 bits per heavy atom. The summed E-state index contributed by atoms with van der Waals surface area (Å²) in [6, 6.07) is 0. The summed E-state index contributed by atoms with van der Waals surface area (Å²) in [7, 11) is 8.18. The molecule has 4 heteroatoms. The summed E-state index contributed by atoms with van der Waals surface area (Å²) in [6.45, 7) is 0. The Labute approximate surface area is 57.3 Å². The molecule has 0 N–H and O–H groups in total. The summed E-state index contributed by atoms with van der Waals surface area (Å²) in [4.78, 5) is 0. The van der Waals surface area contributed by atoms with Gasteiger partial charge in [-0.1, -0.05) is 0 Å². The zero-order valence-corrected chi connectivity index (χ0v) is 8.44. The van der Waals surface area contributed by atoms with E-state index in [1.165, 1.54) is 0 Å². The van der Waals surface area contributed by atoms with Gasteiger partial charge in [0.05, 0.1) is 0 Å². The van der Waals surface area contributed by atoms with Gasteiger partial charge in [0.15, 0.2) is 0 Å². The first-order valence-electron chi connectivity index (χ1n) is 1.05. The summed E-state index contributed by atoms with van der Waals surface area (Å²) < 4.78 is 0. The molecule has 0 spiro atoms. The van der Waals surface area contributed by atoms with E-state index in [2.05, 4.69) is 9.24 Å². The first kappa shape index (κ1) is 9.93. The van der Waals surface area contributed by atoms with E-state index in [0.717, 1.165) is 5.90 Å². The van der Waals surface area contributed by atoms with Crippen molar-refractivity contribution in [3.8, 4) is 0 Å². The van der Waals surface area contributed by atoms with Crippen LogP contribution in [0.2, 0.25) is 0 Å². The van der Waals surface area contributed by atoms with Crippen LogP contribution in [-0.4, -0.2) is 39.7 Å². The molecular formula is CH5BBiP2. The van der Waals surface area contributed by atoms with Crippen LogP contribution in [0.5, 0.6) is 0 Å². The molecule has 0 aromatic carbocycles. The van der Waals surface area contributed by atoms with E-state index in [0.29, 0.717) is 8.46 Å². The molecular weight excluding hydrogens is 294 g/mol. The van der Waals surface area contributed by atoms with Crippen LogP contribution in [-0.2, 0) is 0 Å². The van der Waals surface area contributed by atoms with Gasteiger partial charge >= 0.3 is 0 Å². The van der Waals surface area contributed by atoms with Crippen LogP contribution < -0.4 is 0 Å². The molecule has 2 unspecified atom stereocenters. The minimum atomic E-state index is 0. The van der Waals surface area contributed by atoms with E-state index in [1.807, 2.05) is 0 Å². The van der Waals surface area contributed by atoms with Gasteiger partial charge < -0.3 is 0 Å². The number of hydrogen-bond acceptors (Lipinski definition) is 0. The summed E-state index contributed by atoms with van der Waals surface area (Å²) in [5.41, 5.74) is 0. The molecule has 0 aliphatic carbocycles. The van der Waals surface area contributed by atoms with Crippen LogP contribution in [0.1, 0.15) is 0 Å². The van der Waals surface area contributed by atoms with Gasteiger partial charge in [0.1, 0.15) is 7.57 Å². The van der Waals surface area contributed by atoms with Gasteiger partial charge in [-0.3, -0.25) is 0 Å². The number of rotatable bonds is 1. The molecule has 2 atom stereocenters. The summed E-state index contributed by atoms with van der Waals surface area (Å²) in [5.74, 6) is 1.04. The van der Waals surface area contributed by atoms with Crippen LogP contribution in [0.3, 0.4) is 0 Å². The van der Waals surface area contributed by atoms with E-state index in [9.17, 15) is 0 Å². The average molecular weight is 299 g/mol. The predicted molar refractivity (Wildman–Crippen MR) is 34.4 cm³/mol. The first-order valence-corrected chi connectivity index (χ1v) is 3.15. The van der Waals surface area contributed by atoms with Crippen molar-refractivity contribution in [1.29, 1.82) is 0 Å². The van der Waals surface area contributed by atoms with Gasteiger partial charge in [0.2, 0.25) is 0 Å². The Kier molecular flexibility index (Phi) is 18.4. The molecule has 0 aromatic heterocycles. The molecule has 0 aliphatic rings. The molecule has 0 fully saturated rings. The second kappa shape index (κ2) is 9.26. The summed E-state index contributed by atoms with van der Waals surface area (Å²) in [5, 5.41) is 0. The molecule has 0 rings (SSSR count). The van der Waals surface area contributed by atoms with Crippen molar-refractivity contribution in [2.45, 2.75) is 0 Å². The van der Waals surface area contributed by atoms with Gasteiger partial charge in [0, 0.05) is 26.2 Å². The fraction of sp³-hybridized carbons (Fsp3) is 1.00. The Bertz CT molecular complexity index is 11.6. The van der Waals surface area contributed by atoms with Crippen molar-refractivity contribution in [3.05, 3.63) is 0 Å². The van der Waals surface area contributed by atoms with Crippen molar-refractivity contribution in [2.24, 2.45) is 0 Å². The van der Waals surface area contributed by atoms with Crippen LogP contribution in [0.15, 0.2) is 0 Å². The normalized spacial score (nSPS) is 8.20. The topological polar surface area (TPSA) is 0 Å². The standard InChI is InChI=1S/CH5BP2.Bi/c2-4-1-3;/h4H,1,3H2;. The second-order valence-corrected chi connectivity index (χ2v) is 2.45. The molecule has 0 aromatic rings. The smallest absolute Gasteiger partial charge is 0.105 e. The minimum absolute atomic E-state index is 0. The van der Waals surface area contributed by atoms with Crippen molar-refractivity contribution in [2.75, 3.05) is 5.90 Å². The maximum Gasteiger partial charge on any atom is 0.105 e. The van der Waals surface area contributed by atoms with Crippen molar-refractivity contribution < 1.29 is 0 Å². The molecule has 5 heavy (non-hydrogen) atoms. The molecule has 0 nitrogen and oxygen atoms in total. The third kappa shape index (κ3) is 10.7. The quantitative estimate of drug-likeness (QED) is 0.479. The van der Waals surface area contributed by atoms with Gasteiger partial charge in [-0.15, -0.1) is 9.24 Å². The molecule has 0 saturated heterocycles. The fourth-order valence-corrected chi connectivity index (χ4v) is 0. The van der Waals surface area contributed by atoms with E-state index in [4.69, 9.17) is 7.57 Å². The van der Waals surface area contributed by atoms with Gasteiger partial charge in [-0.2, -0.15) is 8.46 Å². The van der Waals surface area contributed by atoms with Crippen LogP contribution >= 0.6 is 17.7 Å². The molecule has 0 heterocycles. The zero-order valence-electron chi connectivity index (χ0n) is 2.81. The van der Waals surface area contributed by atoms with Crippen molar-refractivity contribution in [3.63, 3.8) is 0 Å². The fourth-order valence-electron chi connectivity index (χ4n) is 0. The third-order valence-corrected chi connectivity index (χ3v) is 1.06. The monoisotopic (exact) mass is 299 g/mol. The Morgan fingerprint density at radius 1 is 1.80 bits per heavy atom. The largest absolute Gasteiger partial charge is 0.168 e. The SMILES string of the molecule is [B]PCP.[Bi]. The maximum atomic E-state index is 5.03. The van der Waals surface area contributed by atoms with Crippen molar-refractivity contribution in [1.82, 2.24) is 0 Å². The first-order chi connectivity index (χ1) is 1.91. The minimum Gasteiger partial charge on any atom is -0.168 e. The summed E-state index contributed by atoms with van der Waals surface area (Å²) in [6.07, 6.45) is 0. The Morgan fingerprint density at radius 2 is 2.00 bits per heavy atom. The molecule has 0 saturated carbocycles. The molecule has 27 valence electrons. The Hall–Kier alpha value is 1.81. The van der Waals surface area contributed by atoms with Crippen molar-refractivity contribution >= 4 is 51.5 Å². The van der Waals surface area contributed by atoms with Crippen LogP contribution in [0, 0.1) is 0 Å². The van der Waals surface area contributed by atoms with Gasteiger partial charge in [-0.05, 0) is 5.90 Å². The molecule has 0 aliphatic heterocycles.